The molecule has 9 heteroatoms. The minimum Gasteiger partial charge on any atom is -0.322 e. The van der Waals surface area contributed by atoms with Crippen molar-refractivity contribution in [2.75, 3.05) is 21.9 Å². The number of carbonyl (C=O) groups excluding carboxylic acids is 1. The van der Waals surface area contributed by atoms with Crippen molar-refractivity contribution in [1.29, 1.82) is 0 Å². The largest absolute Gasteiger partial charge is 0.322 e. The number of carbonyl (C=O) groups is 1. The van der Waals surface area contributed by atoms with Crippen molar-refractivity contribution in [2.45, 2.75) is 13.3 Å². The molecule has 5 nitrogen and oxygen atoms in total. The quantitative estimate of drug-likeness (QED) is 0.468. The maximum Gasteiger partial charge on any atom is 0.257 e. The molecule has 1 heterocycles. The van der Waals surface area contributed by atoms with Gasteiger partial charge in [0.25, 0.3) is 5.91 Å². The fraction of sp³-hybridized carbons (Fsp3) is 0.211. The van der Waals surface area contributed by atoms with Crippen LogP contribution in [-0.2, 0) is 0 Å². The van der Waals surface area contributed by atoms with E-state index in [1.54, 1.807) is 18.2 Å². The average Bonchev–Trinajstić information content (AvgIpc) is 2.96. The van der Waals surface area contributed by atoms with Crippen LogP contribution in [0.25, 0.3) is 6.08 Å². The Kier molecular flexibility index (Phi) is 6.49. The lowest BCUT2D eigenvalue weighted by Crippen LogP contribution is -2.22. The summed E-state index contributed by atoms with van der Waals surface area (Å²) in [4.78, 5) is 12.8. The van der Waals surface area contributed by atoms with Crippen molar-refractivity contribution in [3.8, 4) is 0 Å². The summed E-state index contributed by atoms with van der Waals surface area (Å²) < 4.78 is 21.9. The van der Waals surface area contributed by atoms with Gasteiger partial charge in [-0.2, -0.15) is 0 Å². The third-order valence-electron chi connectivity index (χ3n) is 4.22. The number of hydrogen-bond acceptors (Lipinski definition) is 4. The number of allylic oxidation sites excluding steroid dienone is 1. The first-order valence-corrected chi connectivity index (χ1v) is 11.3. The monoisotopic (exact) mass is 460 g/mol. The second-order valence-electron chi connectivity index (χ2n) is 6.31. The molecule has 2 aromatic carbocycles. The van der Waals surface area contributed by atoms with E-state index in [4.69, 9.17) is 34.8 Å². The molecule has 1 aliphatic heterocycles. The molecule has 0 spiro atoms. The molecule has 1 aliphatic rings. The molecule has 1 saturated heterocycles. The molecular formula is C19H19Cl3N2O3S. The number of rotatable bonds is 4. The Bertz CT molecular complexity index is 950. The molecule has 1 fully saturated rings. The first-order chi connectivity index (χ1) is 13.2. The highest BCUT2D eigenvalue weighted by atomic mass is 35.5. The number of benzene rings is 2. The number of nitrogens with zero attached hydrogens (tertiary/aromatic N) is 1. The smallest absolute Gasteiger partial charge is 0.257 e. The molecular weight excluding hydrogens is 443 g/mol. The van der Waals surface area contributed by atoms with Gasteiger partial charge >= 0.3 is 0 Å². The Balaban J connectivity index is 1.94. The zero-order valence-electron chi connectivity index (χ0n) is 15.0. The van der Waals surface area contributed by atoms with E-state index in [1.807, 2.05) is 19.1 Å². The van der Waals surface area contributed by atoms with Gasteiger partial charge in [-0.25, -0.2) is 0 Å². The Morgan fingerprint density at radius 1 is 1.18 bits per heavy atom. The van der Waals surface area contributed by atoms with Crippen LogP contribution in [0.1, 0.15) is 29.3 Å². The van der Waals surface area contributed by atoms with E-state index in [0.29, 0.717) is 29.4 Å². The van der Waals surface area contributed by atoms with E-state index in [1.165, 1.54) is 16.4 Å². The maximum absolute atomic E-state index is 12.8. The van der Waals surface area contributed by atoms with Gasteiger partial charge in [0.1, 0.15) is 0 Å². The second kappa shape index (κ2) is 8.53. The number of halogens is 3. The van der Waals surface area contributed by atoms with E-state index in [0.717, 1.165) is 5.56 Å². The van der Waals surface area contributed by atoms with E-state index < -0.39 is 16.7 Å². The van der Waals surface area contributed by atoms with Crippen molar-refractivity contribution in [1.82, 2.24) is 0 Å². The van der Waals surface area contributed by atoms with Crippen molar-refractivity contribution in [3.05, 3.63) is 62.6 Å². The van der Waals surface area contributed by atoms with Crippen LogP contribution in [0.3, 0.4) is 0 Å². The standard InChI is InChI=1S/C19H19Cl3N2O3S/c1-2-4-12-7-13(20)9-14(8-12)23-19(25)16-10-15(11-17(21)18(16)22)24-5-3-6-28(24,26)27/h2,4,7-11,26-27H,3,5-6H2,1H3,(H,23,25). The van der Waals surface area contributed by atoms with Crippen LogP contribution in [0.5, 0.6) is 0 Å². The predicted octanol–water partition coefficient (Wildman–Crippen LogP) is 6.81. The SMILES string of the molecule is CC=Cc1cc(Cl)cc(NC(=O)c2cc(N3CCCS3(O)O)cc(Cl)c2Cl)c1. The molecule has 28 heavy (non-hydrogen) atoms. The molecule has 0 aliphatic carbocycles. The van der Waals surface area contributed by atoms with Gasteiger partial charge in [-0.3, -0.25) is 18.2 Å². The lowest BCUT2D eigenvalue weighted by Gasteiger charge is -2.38. The zero-order valence-corrected chi connectivity index (χ0v) is 18.0. The van der Waals surface area contributed by atoms with Crippen LogP contribution in [0, 0.1) is 0 Å². The molecule has 0 bridgehead atoms. The minimum absolute atomic E-state index is 0.0919. The predicted molar refractivity (Wildman–Crippen MR) is 120 cm³/mol. The molecule has 3 N–H and O–H groups in total. The first-order valence-electron chi connectivity index (χ1n) is 8.48. The van der Waals surface area contributed by atoms with Crippen molar-refractivity contribution in [3.63, 3.8) is 0 Å². The lowest BCUT2D eigenvalue weighted by molar-refractivity contribution is 0.102. The zero-order chi connectivity index (χ0) is 20.5. The van der Waals surface area contributed by atoms with Crippen molar-refractivity contribution >= 4 is 68.9 Å². The van der Waals surface area contributed by atoms with E-state index >= 15 is 0 Å². The topological polar surface area (TPSA) is 72.8 Å². The highest BCUT2D eigenvalue weighted by Crippen LogP contribution is 2.51. The first kappa shape index (κ1) is 21.3. The van der Waals surface area contributed by atoms with Crippen LogP contribution in [0.4, 0.5) is 11.4 Å². The second-order valence-corrected chi connectivity index (χ2v) is 9.64. The molecule has 2 aromatic rings. The molecule has 0 saturated carbocycles. The number of nitrogens with one attached hydrogen (secondary N) is 1. The summed E-state index contributed by atoms with van der Waals surface area (Å²) in [5.41, 5.74) is 1.93. The highest BCUT2D eigenvalue weighted by molar-refractivity contribution is 8.25. The van der Waals surface area contributed by atoms with Crippen LogP contribution < -0.4 is 9.62 Å². The molecule has 0 unspecified atom stereocenters. The highest BCUT2D eigenvalue weighted by Gasteiger charge is 2.30. The summed E-state index contributed by atoms with van der Waals surface area (Å²) in [6, 6.07) is 8.23. The van der Waals surface area contributed by atoms with E-state index in [9.17, 15) is 13.9 Å². The number of hydrogen-bond donors (Lipinski definition) is 3. The van der Waals surface area contributed by atoms with E-state index in [-0.39, 0.29) is 21.4 Å². The average molecular weight is 462 g/mol. The van der Waals surface area contributed by atoms with Gasteiger partial charge in [-0.15, -0.1) is 10.8 Å². The van der Waals surface area contributed by atoms with Gasteiger partial charge in [-0.05, 0) is 49.2 Å². The number of anilines is 2. The van der Waals surface area contributed by atoms with Gasteiger partial charge in [0.2, 0.25) is 0 Å². The normalized spacial score (nSPS) is 17.1. The Labute approximate surface area is 180 Å². The summed E-state index contributed by atoms with van der Waals surface area (Å²) in [5, 5.41) is 3.50. The van der Waals surface area contributed by atoms with Gasteiger partial charge in [-0.1, -0.05) is 47.0 Å². The Hall–Kier alpha value is -1.41. The van der Waals surface area contributed by atoms with Gasteiger partial charge in [0.05, 0.1) is 27.0 Å². The fourth-order valence-electron chi connectivity index (χ4n) is 3.01. The fourth-order valence-corrected chi connectivity index (χ4v) is 5.27. The summed E-state index contributed by atoms with van der Waals surface area (Å²) in [6.07, 6.45) is 4.37. The maximum atomic E-state index is 12.8. The molecule has 3 rings (SSSR count). The summed E-state index contributed by atoms with van der Waals surface area (Å²) in [7, 11) is -2.91. The van der Waals surface area contributed by atoms with E-state index in [2.05, 4.69) is 5.32 Å². The Morgan fingerprint density at radius 2 is 1.93 bits per heavy atom. The molecule has 0 radical (unpaired) electrons. The van der Waals surface area contributed by atoms with Crippen molar-refractivity contribution in [2.24, 2.45) is 0 Å². The van der Waals surface area contributed by atoms with Crippen LogP contribution >= 0.6 is 45.6 Å². The van der Waals surface area contributed by atoms with Gasteiger partial charge < -0.3 is 5.32 Å². The lowest BCUT2D eigenvalue weighted by atomic mass is 10.1. The molecule has 150 valence electrons. The molecule has 1 amide bonds. The minimum atomic E-state index is -2.91. The molecule has 0 atom stereocenters. The number of amides is 1. The summed E-state index contributed by atoms with van der Waals surface area (Å²) in [6.45, 7) is 2.34. The van der Waals surface area contributed by atoms with Crippen LogP contribution in [0.2, 0.25) is 15.1 Å². The van der Waals surface area contributed by atoms with Crippen LogP contribution in [0.15, 0.2) is 36.4 Å². The third kappa shape index (κ3) is 4.59. The van der Waals surface area contributed by atoms with Crippen LogP contribution in [-0.4, -0.2) is 27.3 Å². The van der Waals surface area contributed by atoms with Gasteiger partial charge in [0.15, 0.2) is 0 Å². The van der Waals surface area contributed by atoms with Gasteiger partial charge in [0, 0.05) is 17.3 Å². The summed E-state index contributed by atoms with van der Waals surface area (Å²) in [5.74, 6) is -0.191. The van der Waals surface area contributed by atoms with Crippen molar-refractivity contribution < 1.29 is 13.9 Å². The molecule has 0 aromatic heterocycles. The Morgan fingerprint density at radius 3 is 2.57 bits per heavy atom. The third-order valence-corrected chi connectivity index (χ3v) is 7.17. The summed E-state index contributed by atoms with van der Waals surface area (Å²) >= 11 is 18.6.